The molecule has 0 bridgehead atoms. The van der Waals surface area contributed by atoms with Crippen molar-refractivity contribution in [3.8, 4) is 0 Å². The zero-order chi connectivity index (χ0) is 16.9. The van der Waals surface area contributed by atoms with Gasteiger partial charge in [-0.3, -0.25) is 9.59 Å². The molecule has 23 heavy (non-hydrogen) atoms. The highest BCUT2D eigenvalue weighted by Gasteiger charge is 2.42. The van der Waals surface area contributed by atoms with Crippen molar-refractivity contribution in [2.45, 2.75) is 57.4 Å². The summed E-state index contributed by atoms with van der Waals surface area (Å²) in [5.74, 6) is -0.0144. The summed E-state index contributed by atoms with van der Waals surface area (Å²) in [7, 11) is 0. The lowest BCUT2D eigenvalue weighted by atomic mass is 9.75. The Kier molecular flexibility index (Phi) is 5.94. The van der Waals surface area contributed by atoms with E-state index in [2.05, 4.69) is 5.32 Å². The Hall–Kier alpha value is -1.68. The summed E-state index contributed by atoms with van der Waals surface area (Å²) < 4.78 is 0. The van der Waals surface area contributed by atoms with E-state index in [-0.39, 0.29) is 24.2 Å². The van der Waals surface area contributed by atoms with Crippen LogP contribution in [0.25, 0.3) is 0 Å². The molecule has 1 aromatic rings. The smallest absolute Gasteiger partial charge is 0.237 e. The van der Waals surface area contributed by atoms with Crippen LogP contribution in [0.3, 0.4) is 0 Å². The van der Waals surface area contributed by atoms with Gasteiger partial charge in [0.15, 0.2) is 5.78 Å². The molecule has 1 saturated carbocycles. The quantitative estimate of drug-likeness (QED) is 0.812. The van der Waals surface area contributed by atoms with Crippen molar-refractivity contribution in [1.82, 2.24) is 5.32 Å². The Balaban J connectivity index is 2.05. The summed E-state index contributed by atoms with van der Waals surface area (Å²) in [5, 5.41) is 2.76. The molecule has 4 nitrogen and oxygen atoms in total. The predicted molar refractivity (Wildman–Crippen MR) is 92.0 cm³/mol. The van der Waals surface area contributed by atoms with E-state index in [1.807, 2.05) is 44.2 Å². The fraction of sp³-hybridized carbons (Fsp3) is 0.579. The molecule has 0 aromatic heterocycles. The highest BCUT2D eigenvalue weighted by Crippen LogP contribution is 2.41. The van der Waals surface area contributed by atoms with Gasteiger partial charge in [-0.2, -0.15) is 0 Å². The summed E-state index contributed by atoms with van der Waals surface area (Å²) in [6.45, 7) is 4.03. The molecule has 2 atom stereocenters. The third-order valence-corrected chi connectivity index (χ3v) is 5.30. The van der Waals surface area contributed by atoms with E-state index in [1.165, 1.54) is 0 Å². The lowest BCUT2D eigenvalue weighted by Crippen LogP contribution is -2.48. The van der Waals surface area contributed by atoms with E-state index >= 15 is 0 Å². The molecule has 1 aliphatic rings. The first kappa shape index (κ1) is 17.7. The Morgan fingerprint density at radius 2 is 1.83 bits per heavy atom. The highest BCUT2D eigenvalue weighted by molar-refractivity contribution is 5.95. The largest absolute Gasteiger partial charge is 0.348 e. The van der Waals surface area contributed by atoms with Crippen molar-refractivity contribution in [3.05, 3.63) is 35.9 Å². The van der Waals surface area contributed by atoms with E-state index in [1.54, 1.807) is 0 Å². The molecule has 1 aliphatic carbocycles. The number of Topliss-reactive ketones (excluding diaryl/α,β-unsaturated/α-hetero) is 1. The Labute approximate surface area is 138 Å². The lowest BCUT2D eigenvalue weighted by molar-refractivity contribution is -0.129. The first-order valence-electron chi connectivity index (χ1n) is 8.63. The second-order valence-corrected chi connectivity index (χ2v) is 6.71. The molecule has 126 valence electrons. The number of carbonyl (C=O) groups excluding carboxylic acids is 2. The zero-order valence-electron chi connectivity index (χ0n) is 14.2. The van der Waals surface area contributed by atoms with Gasteiger partial charge in [0.2, 0.25) is 5.91 Å². The number of rotatable bonds is 7. The average Bonchev–Trinajstić information content (AvgIpc) is 3.09. The maximum Gasteiger partial charge on any atom is 0.237 e. The molecular weight excluding hydrogens is 288 g/mol. The monoisotopic (exact) mass is 316 g/mol. The highest BCUT2D eigenvalue weighted by atomic mass is 16.2. The van der Waals surface area contributed by atoms with Gasteiger partial charge in [-0.15, -0.1) is 0 Å². The van der Waals surface area contributed by atoms with Gasteiger partial charge in [0, 0.05) is 0 Å². The summed E-state index contributed by atoms with van der Waals surface area (Å²) in [5.41, 5.74) is 6.57. The molecule has 0 aliphatic heterocycles. The van der Waals surface area contributed by atoms with Crippen molar-refractivity contribution in [2.24, 2.45) is 11.7 Å². The van der Waals surface area contributed by atoms with Crippen molar-refractivity contribution in [2.75, 3.05) is 6.54 Å². The molecule has 0 heterocycles. The van der Waals surface area contributed by atoms with Crippen LogP contribution in [-0.2, 0) is 15.0 Å². The maximum atomic E-state index is 12.9. The number of benzene rings is 1. The fourth-order valence-electron chi connectivity index (χ4n) is 3.43. The van der Waals surface area contributed by atoms with Gasteiger partial charge in [-0.05, 0) is 24.3 Å². The van der Waals surface area contributed by atoms with E-state index < -0.39 is 11.5 Å². The minimum absolute atomic E-state index is 0.0673. The van der Waals surface area contributed by atoms with E-state index in [0.29, 0.717) is 0 Å². The first-order valence-corrected chi connectivity index (χ1v) is 8.63. The Morgan fingerprint density at radius 3 is 2.39 bits per heavy atom. The molecule has 4 heteroatoms. The van der Waals surface area contributed by atoms with E-state index in [9.17, 15) is 9.59 Å². The third-order valence-electron chi connectivity index (χ3n) is 5.30. The molecule has 2 rings (SSSR count). The average molecular weight is 316 g/mol. The van der Waals surface area contributed by atoms with Crippen LogP contribution in [0.15, 0.2) is 30.3 Å². The number of hydrogen-bond donors (Lipinski definition) is 2. The lowest BCUT2D eigenvalue weighted by Gasteiger charge is -2.28. The van der Waals surface area contributed by atoms with Gasteiger partial charge in [0.25, 0.3) is 0 Å². The van der Waals surface area contributed by atoms with Crippen LogP contribution in [0.4, 0.5) is 0 Å². The van der Waals surface area contributed by atoms with Crippen LogP contribution in [0.5, 0.6) is 0 Å². The predicted octanol–water partition coefficient (Wildman–Crippen LogP) is 2.56. The first-order chi connectivity index (χ1) is 11.0. The zero-order valence-corrected chi connectivity index (χ0v) is 14.2. The molecule has 0 saturated heterocycles. The Morgan fingerprint density at radius 1 is 1.22 bits per heavy atom. The van der Waals surface area contributed by atoms with Crippen LogP contribution >= 0.6 is 0 Å². The summed E-state index contributed by atoms with van der Waals surface area (Å²) in [4.78, 5) is 25.0. The van der Waals surface area contributed by atoms with Crippen LogP contribution in [0.1, 0.15) is 51.5 Å². The van der Waals surface area contributed by atoms with Gasteiger partial charge < -0.3 is 11.1 Å². The Bertz CT molecular complexity index is 536. The number of nitrogens with two attached hydrogens (primary N) is 1. The number of amides is 1. The van der Waals surface area contributed by atoms with Crippen molar-refractivity contribution < 1.29 is 9.59 Å². The molecule has 0 spiro atoms. The van der Waals surface area contributed by atoms with Crippen LogP contribution in [0.2, 0.25) is 0 Å². The van der Waals surface area contributed by atoms with E-state index in [0.717, 1.165) is 37.7 Å². The topological polar surface area (TPSA) is 72.2 Å². The van der Waals surface area contributed by atoms with Gasteiger partial charge in [0.1, 0.15) is 0 Å². The van der Waals surface area contributed by atoms with Gasteiger partial charge in [-0.1, -0.05) is 63.4 Å². The molecule has 1 aromatic carbocycles. The standard InChI is InChI=1S/C19H28N2O2/c1-3-14(2)17(20)18(23)21-13-16(22)19(11-7-8-12-19)15-9-5-4-6-10-15/h4-6,9-10,14,17H,3,7-8,11-13,20H2,1-2H3,(H,21,23)/t14-,17-/m0/s1. The molecule has 0 unspecified atom stereocenters. The third kappa shape index (κ3) is 3.81. The van der Waals surface area contributed by atoms with Crippen molar-refractivity contribution in [3.63, 3.8) is 0 Å². The molecule has 0 radical (unpaired) electrons. The minimum atomic E-state index is -0.552. The minimum Gasteiger partial charge on any atom is -0.348 e. The van der Waals surface area contributed by atoms with Crippen LogP contribution < -0.4 is 11.1 Å². The molecule has 1 amide bonds. The second kappa shape index (κ2) is 7.73. The van der Waals surface area contributed by atoms with Crippen molar-refractivity contribution >= 4 is 11.7 Å². The number of nitrogens with one attached hydrogen (secondary N) is 1. The second-order valence-electron chi connectivity index (χ2n) is 6.71. The maximum absolute atomic E-state index is 12.9. The van der Waals surface area contributed by atoms with Crippen molar-refractivity contribution in [1.29, 1.82) is 0 Å². The number of ketones is 1. The van der Waals surface area contributed by atoms with Gasteiger partial charge in [-0.25, -0.2) is 0 Å². The summed E-state index contributed by atoms with van der Waals surface area (Å²) in [6.07, 6.45) is 4.69. The summed E-state index contributed by atoms with van der Waals surface area (Å²) in [6, 6.07) is 9.40. The number of hydrogen-bond acceptors (Lipinski definition) is 3. The molecule has 1 fully saturated rings. The normalized spacial score (nSPS) is 19.1. The molecular formula is C19H28N2O2. The fourth-order valence-corrected chi connectivity index (χ4v) is 3.43. The number of carbonyl (C=O) groups is 2. The SMILES string of the molecule is CC[C@H](C)[C@H](N)C(=O)NCC(=O)C1(c2ccccc2)CCCC1. The molecule has 3 N–H and O–H groups in total. The van der Waals surface area contributed by atoms with E-state index in [4.69, 9.17) is 5.73 Å². The van der Waals surface area contributed by atoms with Gasteiger partial charge in [0.05, 0.1) is 18.0 Å². The van der Waals surface area contributed by atoms with Crippen LogP contribution in [0, 0.1) is 5.92 Å². The van der Waals surface area contributed by atoms with Crippen LogP contribution in [-0.4, -0.2) is 24.3 Å². The van der Waals surface area contributed by atoms with Gasteiger partial charge >= 0.3 is 0 Å². The summed E-state index contributed by atoms with van der Waals surface area (Å²) >= 11 is 0.